The number of aliphatic imine (C=N–C) groups is 1. The maximum absolute atomic E-state index is 5.86. The van der Waals surface area contributed by atoms with Gasteiger partial charge in [0.15, 0.2) is 5.96 Å². The van der Waals surface area contributed by atoms with E-state index in [1.165, 1.54) is 11.1 Å². The molecule has 0 aromatic heterocycles. The van der Waals surface area contributed by atoms with Crippen LogP contribution in [0.5, 0.6) is 0 Å². The van der Waals surface area contributed by atoms with Gasteiger partial charge in [0.25, 0.3) is 0 Å². The number of nitrogens with one attached hydrogen (secondary N) is 1. The first-order valence-electron chi connectivity index (χ1n) is 7.46. The summed E-state index contributed by atoms with van der Waals surface area (Å²) in [4.78, 5) is 4.35. The van der Waals surface area contributed by atoms with Crippen LogP contribution in [0, 0.1) is 0 Å². The predicted octanol–water partition coefficient (Wildman–Crippen LogP) is 2.77. The number of hydrogen-bond donors (Lipinski definition) is 2. The number of rotatable bonds is 7. The standard InChI is InChI=1S/C18H23N3/c19-18(21-15-13-17-10-5-2-6-11-17)20-14-7-12-16-8-3-1-4-9-16/h1-6,8-11H,7,12-15H2,(H3,19,20,21). The molecule has 0 saturated carbocycles. The van der Waals surface area contributed by atoms with Crippen LogP contribution in [0.4, 0.5) is 0 Å². The van der Waals surface area contributed by atoms with E-state index in [1.54, 1.807) is 0 Å². The molecule has 2 aromatic rings. The molecule has 3 nitrogen and oxygen atoms in total. The van der Waals surface area contributed by atoms with Gasteiger partial charge in [0.1, 0.15) is 0 Å². The topological polar surface area (TPSA) is 50.4 Å². The summed E-state index contributed by atoms with van der Waals surface area (Å²) in [6.07, 6.45) is 3.02. The summed E-state index contributed by atoms with van der Waals surface area (Å²) < 4.78 is 0. The van der Waals surface area contributed by atoms with Gasteiger partial charge in [0, 0.05) is 13.1 Å². The molecule has 3 N–H and O–H groups in total. The highest BCUT2D eigenvalue weighted by Crippen LogP contribution is 2.02. The lowest BCUT2D eigenvalue weighted by molar-refractivity contribution is 0.808. The van der Waals surface area contributed by atoms with Crippen LogP contribution in [-0.2, 0) is 12.8 Å². The Morgan fingerprint density at radius 1 is 0.857 bits per heavy atom. The zero-order valence-corrected chi connectivity index (χ0v) is 12.3. The van der Waals surface area contributed by atoms with E-state index in [0.717, 1.165) is 32.4 Å². The van der Waals surface area contributed by atoms with Crippen molar-refractivity contribution in [1.82, 2.24) is 5.32 Å². The first-order valence-corrected chi connectivity index (χ1v) is 7.46. The fourth-order valence-corrected chi connectivity index (χ4v) is 2.16. The molecule has 0 heterocycles. The van der Waals surface area contributed by atoms with Crippen molar-refractivity contribution in [1.29, 1.82) is 0 Å². The Bertz CT molecular complexity index is 535. The molecule has 0 unspecified atom stereocenters. The molecule has 0 spiro atoms. The van der Waals surface area contributed by atoms with E-state index in [1.807, 2.05) is 12.1 Å². The summed E-state index contributed by atoms with van der Waals surface area (Å²) in [5, 5.41) is 3.16. The van der Waals surface area contributed by atoms with Gasteiger partial charge in [-0.05, 0) is 30.4 Å². The van der Waals surface area contributed by atoms with Crippen LogP contribution >= 0.6 is 0 Å². The van der Waals surface area contributed by atoms with Crippen LogP contribution in [0.25, 0.3) is 0 Å². The second-order valence-corrected chi connectivity index (χ2v) is 5.02. The van der Waals surface area contributed by atoms with Gasteiger partial charge < -0.3 is 11.1 Å². The summed E-state index contributed by atoms with van der Waals surface area (Å²) in [5.74, 6) is 0.541. The van der Waals surface area contributed by atoms with Gasteiger partial charge in [-0.3, -0.25) is 4.99 Å². The summed E-state index contributed by atoms with van der Waals surface area (Å²) in [6, 6.07) is 20.8. The SMILES string of the molecule is NC(=NCCCc1ccccc1)NCCc1ccccc1. The first-order chi connectivity index (χ1) is 10.3. The molecule has 2 aromatic carbocycles. The van der Waals surface area contributed by atoms with Gasteiger partial charge in [-0.2, -0.15) is 0 Å². The van der Waals surface area contributed by atoms with E-state index in [-0.39, 0.29) is 0 Å². The van der Waals surface area contributed by atoms with Crippen LogP contribution in [0.3, 0.4) is 0 Å². The molecule has 110 valence electrons. The number of hydrogen-bond acceptors (Lipinski definition) is 1. The lowest BCUT2D eigenvalue weighted by atomic mass is 10.1. The lowest BCUT2D eigenvalue weighted by Gasteiger charge is -2.06. The van der Waals surface area contributed by atoms with Crippen molar-refractivity contribution in [2.45, 2.75) is 19.3 Å². The highest BCUT2D eigenvalue weighted by atomic mass is 15.1. The molecule has 0 aliphatic heterocycles. The first kappa shape index (κ1) is 15.1. The zero-order chi connectivity index (χ0) is 14.8. The van der Waals surface area contributed by atoms with Crippen molar-refractivity contribution in [3.63, 3.8) is 0 Å². The van der Waals surface area contributed by atoms with Crippen LogP contribution < -0.4 is 11.1 Å². The van der Waals surface area contributed by atoms with Crippen molar-refractivity contribution >= 4 is 5.96 Å². The highest BCUT2D eigenvalue weighted by molar-refractivity contribution is 5.77. The highest BCUT2D eigenvalue weighted by Gasteiger charge is 1.94. The molecular weight excluding hydrogens is 258 g/mol. The average Bonchev–Trinajstić information content (AvgIpc) is 2.54. The van der Waals surface area contributed by atoms with Crippen molar-refractivity contribution in [2.24, 2.45) is 10.7 Å². The molecule has 0 aliphatic carbocycles. The fourth-order valence-electron chi connectivity index (χ4n) is 2.16. The van der Waals surface area contributed by atoms with Crippen molar-refractivity contribution in [3.8, 4) is 0 Å². The summed E-state index contributed by atoms with van der Waals surface area (Å²) in [6.45, 7) is 1.58. The zero-order valence-electron chi connectivity index (χ0n) is 12.3. The monoisotopic (exact) mass is 281 g/mol. The largest absolute Gasteiger partial charge is 0.370 e. The fraction of sp³-hybridized carbons (Fsp3) is 0.278. The Morgan fingerprint density at radius 3 is 2.05 bits per heavy atom. The smallest absolute Gasteiger partial charge is 0.188 e. The molecule has 0 radical (unpaired) electrons. The van der Waals surface area contributed by atoms with E-state index in [0.29, 0.717) is 5.96 Å². The minimum absolute atomic E-state index is 0.541. The number of benzene rings is 2. The number of guanidine groups is 1. The number of nitrogens with zero attached hydrogens (tertiary/aromatic N) is 1. The third-order valence-corrected chi connectivity index (χ3v) is 3.31. The molecule has 3 heteroatoms. The van der Waals surface area contributed by atoms with Crippen LogP contribution in [0.15, 0.2) is 65.7 Å². The van der Waals surface area contributed by atoms with Crippen molar-refractivity contribution in [3.05, 3.63) is 71.8 Å². The summed E-state index contributed by atoms with van der Waals surface area (Å²) in [5.41, 5.74) is 8.51. The van der Waals surface area contributed by atoms with Crippen LogP contribution in [0.2, 0.25) is 0 Å². The average molecular weight is 281 g/mol. The Labute approximate surface area is 126 Å². The Balaban J connectivity index is 1.61. The molecule has 21 heavy (non-hydrogen) atoms. The van der Waals surface area contributed by atoms with Crippen molar-refractivity contribution in [2.75, 3.05) is 13.1 Å². The van der Waals surface area contributed by atoms with Gasteiger partial charge >= 0.3 is 0 Å². The molecule has 0 atom stereocenters. The van der Waals surface area contributed by atoms with E-state index >= 15 is 0 Å². The summed E-state index contributed by atoms with van der Waals surface area (Å²) in [7, 11) is 0. The van der Waals surface area contributed by atoms with Gasteiger partial charge in [0.2, 0.25) is 0 Å². The molecule has 0 fully saturated rings. The van der Waals surface area contributed by atoms with Gasteiger partial charge in [0.05, 0.1) is 0 Å². The molecule has 0 aliphatic rings. The second-order valence-electron chi connectivity index (χ2n) is 5.02. The second kappa shape index (κ2) is 8.80. The minimum atomic E-state index is 0.541. The van der Waals surface area contributed by atoms with E-state index in [2.05, 4.69) is 58.8 Å². The van der Waals surface area contributed by atoms with Crippen molar-refractivity contribution < 1.29 is 0 Å². The third kappa shape index (κ3) is 6.13. The van der Waals surface area contributed by atoms with Gasteiger partial charge in [-0.15, -0.1) is 0 Å². The van der Waals surface area contributed by atoms with E-state index in [9.17, 15) is 0 Å². The van der Waals surface area contributed by atoms with Crippen LogP contribution in [-0.4, -0.2) is 19.0 Å². The quantitative estimate of drug-likeness (QED) is 0.466. The molecule has 0 saturated heterocycles. The molecular formula is C18H23N3. The third-order valence-electron chi connectivity index (χ3n) is 3.31. The molecule has 2 rings (SSSR count). The number of nitrogens with two attached hydrogens (primary N) is 1. The maximum atomic E-state index is 5.86. The van der Waals surface area contributed by atoms with Gasteiger partial charge in [-0.1, -0.05) is 60.7 Å². The molecule has 0 amide bonds. The van der Waals surface area contributed by atoms with Gasteiger partial charge in [-0.25, -0.2) is 0 Å². The van der Waals surface area contributed by atoms with E-state index in [4.69, 9.17) is 5.73 Å². The molecule has 0 bridgehead atoms. The Morgan fingerprint density at radius 2 is 1.43 bits per heavy atom. The van der Waals surface area contributed by atoms with Crippen LogP contribution in [0.1, 0.15) is 17.5 Å². The summed E-state index contributed by atoms with van der Waals surface area (Å²) >= 11 is 0. The maximum Gasteiger partial charge on any atom is 0.188 e. The number of aryl methyl sites for hydroxylation is 1. The minimum Gasteiger partial charge on any atom is -0.370 e. The van der Waals surface area contributed by atoms with E-state index < -0.39 is 0 Å². The predicted molar refractivity (Wildman–Crippen MR) is 89.4 cm³/mol. The Kier molecular flexibility index (Phi) is 6.33. The lowest BCUT2D eigenvalue weighted by Crippen LogP contribution is -2.33. The normalized spacial score (nSPS) is 11.3. The Hall–Kier alpha value is -2.29.